The second-order valence-corrected chi connectivity index (χ2v) is 7.23. The fourth-order valence-corrected chi connectivity index (χ4v) is 3.68. The number of hydrogen-bond acceptors (Lipinski definition) is 5. The van der Waals surface area contributed by atoms with Crippen LogP contribution in [-0.4, -0.2) is 15.7 Å². The predicted octanol–water partition coefficient (Wildman–Crippen LogP) is 5.69. The molecule has 1 aliphatic heterocycles. The second-order valence-electron chi connectivity index (χ2n) is 6.12. The number of nitriles is 1. The molecule has 1 aliphatic rings. The number of aromatic nitrogens is 2. The van der Waals surface area contributed by atoms with Crippen LogP contribution in [0.1, 0.15) is 48.5 Å². The molecular formula is C21H25N3OS. The van der Waals surface area contributed by atoms with Gasteiger partial charge in [0.1, 0.15) is 11.6 Å². The average Bonchev–Trinajstić information content (AvgIpc) is 2.64. The Morgan fingerprint density at radius 1 is 1.12 bits per heavy atom. The van der Waals surface area contributed by atoms with Gasteiger partial charge in [-0.15, -0.1) is 11.8 Å². The van der Waals surface area contributed by atoms with Crippen LogP contribution >= 0.6 is 11.8 Å². The number of benzene rings is 1. The summed E-state index contributed by atoms with van der Waals surface area (Å²) in [5.41, 5.74) is 3.63. The van der Waals surface area contributed by atoms with Gasteiger partial charge in [-0.25, -0.2) is 4.98 Å². The first-order valence-electron chi connectivity index (χ1n) is 8.77. The number of fused-ring (bicyclic) bond motifs is 1. The summed E-state index contributed by atoms with van der Waals surface area (Å²) in [6, 6.07) is 5.86. The highest BCUT2D eigenvalue weighted by Crippen LogP contribution is 2.39. The van der Waals surface area contributed by atoms with E-state index in [9.17, 15) is 0 Å². The molecule has 1 aromatic carbocycles. The van der Waals surface area contributed by atoms with Gasteiger partial charge in [-0.2, -0.15) is 10.2 Å². The molecule has 0 amide bonds. The molecule has 2 heterocycles. The molecular weight excluding hydrogens is 342 g/mol. The van der Waals surface area contributed by atoms with Gasteiger partial charge in [0.2, 0.25) is 5.88 Å². The minimum absolute atomic E-state index is 0.642. The van der Waals surface area contributed by atoms with Crippen molar-refractivity contribution in [3.05, 3.63) is 52.5 Å². The lowest BCUT2D eigenvalue weighted by molar-refractivity contribution is 0.436. The molecule has 5 heteroatoms. The fraction of sp³-hybridized carbons (Fsp3) is 0.381. The van der Waals surface area contributed by atoms with E-state index in [2.05, 4.69) is 16.0 Å². The monoisotopic (exact) mass is 367 g/mol. The van der Waals surface area contributed by atoms with Gasteiger partial charge in [0, 0.05) is 0 Å². The normalized spacial score (nSPS) is 12.8. The zero-order valence-corrected chi connectivity index (χ0v) is 16.9. The Bertz CT molecular complexity index is 826. The molecule has 0 fully saturated rings. The fourth-order valence-electron chi connectivity index (χ4n) is 2.66. The number of thioether (sulfide) groups is 1. The van der Waals surface area contributed by atoms with Crippen LogP contribution in [0.25, 0.3) is 0 Å². The molecule has 0 aliphatic carbocycles. The molecule has 0 unspecified atom stereocenters. The first kappa shape index (κ1) is 20.0. The first-order valence-corrected chi connectivity index (χ1v) is 9.75. The van der Waals surface area contributed by atoms with Crippen molar-refractivity contribution in [3.63, 3.8) is 0 Å². The van der Waals surface area contributed by atoms with E-state index in [1.165, 1.54) is 0 Å². The highest BCUT2D eigenvalue weighted by atomic mass is 32.2. The Morgan fingerprint density at radius 3 is 2.35 bits per heavy atom. The van der Waals surface area contributed by atoms with E-state index in [1.807, 2.05) is 58.9 Å². The van der Waals surface area contributed by atoms with E-state index in [0.29, 0.717) is 11.4 Å². The Balaban J connectivity index is 0.000000552. The minimum Gasteiger partial charge on any atom is -0.437 e. The molecule has 0 spiro atoms. The van der Waals surface area contributed by atoms with Gasteiger partial charge >= 0.3 is 0 Å². The van der Waals surface area contributed by atoms with Crippen LogP contribution in [0.3, 0.4) is 0 Å². The highest BCUT2D eigenvalue weighted by molar-refractivity contribution is 7.99. The third-order valence-corrected chi connectivity index (χ3v) is 5.13. The maximum atomic E-state index is 9.05. The molecule has 0 N–H and O–H groups in total. The van der Waals surface area contributed by atoms with Crippen LogP contribution in [-0.2, 0) is 6.42 Å². The van der Waals surface area contributed by atoms with Crippen LogP contribution in [0.2, 0.25) is 0 Å². The van der Waals surface area contributed by atoms with Crippen molar-refractivity contribution < 1.29 is 4.74 Å². The van der Waals surface area contributed by atoms with E-state index in [-0.39, 0.29) is 0 Å². The lowest BCUT2D eigenvalue weighted by Crippen LogP contribution is -2.07. The van der Waals surface area contributed by atoms with Crippen molar-refractivity contribution >= 4 is 11.8 Å². The van der Waals surface area contributed by atoms with Crippen LogP contribution in [0, 0.1) is 32.1 Å². The summed E-state index contributed by atoms with van der Waals surface area (Å²) in [5, 5.41) is 9.05. The van der Waals surface area contributed by atoms with Gasteiger partial charge in [-0.3, -0.25) is 0 Å². The summed E-state index contributed by atoms with van der Waals surface area (Å²) in [4.78, 5) is 10.1. The third-order valence-electron chi connectivity index (χ3n) is 3.94. The topological polar surface area (TPSA) is 58.8 Å². The summed E-state index contributed by atoms with van der Waals surface area (Å²) < 4.78 is 6.14. The summed E-state index contributed by atoms with van der Waals surface area (Å²) in [5.74, 6) is 3.23. The summed E-state index contributed by atoms with van der Waals surface area (Å²) in [6.45, 7) is 9.80. The van der Waals surface area contributed by atoms with Gasteiger partial charge in [-0.1, -0.05) is 12.2 Å². The third kappa shape index (κ3) is 4.86. The molecule has 0 atom stereocenters. The molecule has 3 rings (SSSR count). The molecule has 26 heavy (non-hydrogen) atoms. The van der Waals surface area contributed by atoms with E-state index < -0.39 is 0 Å². The SMILES string of the molecule is C/C=C\C.Cc1nc2c(c(Oc3c(C)cc(C#N)cc3C)n1)SCCC2. The van der Waals surface area contributed by atoms with Gasteiger partial charge in [0.25, 0.3) is 0 Å². The molecule has 0 saturated carbocycles. The smallest absolute Gasteiger partial charge is 0.236 e. The first-order chi connectivity index (χ1) is 12.5. The van der Waals surface area contributed by atoms with Crippen LogP contribution in [0.5, 0.6) is 11.6 Å². The van der Waals surface area contributed by atoms with Gasteiger partial charge < -0.3 is 4.74 Å². The number of hydrogen-bond donors (Lipinski definition) is 0. The van der Waals surface area contributed by atoms with Crippen LogP contribution < -0.4 is 4.74 Å². The largest absolute Gasteiger partial charge is 0.437 e. The molecule has 0 saturated heterocycles. The van der Waals surface area contributed by atoms with Gasteiger partial charge in [0.15, 0.2) is 0 Å². The van der Waals surface area contributed by atoms with Gasteiger partial charge in [0.05, 0.1) is 22.2 Å². The van der Waals surface area contributed by atoms with Crippen molar-refractivity contribution in [2.24, 2.45) is 0 Å². The molecule has 4 nitrogen and oxygen atoms in total. The van der Waals surface area contributed by atoms with Gasteiger partial charge in [-0.05, 0) is 76.5 Å². The van der Waals surface area contributed by atoms with Crippen molar-refractivity contribution in [1.29, 1.82) is 5.26 Å². The van der Waals surface area contributed by atoms with Crippen LogP contribution in [0.4, 0.5) is 0 Å². The number of nitrogens with zero attached hydrogens (tertiary/aromatic N) is 3. The molecule has 0 radical (unpaired) electrons. The minimum atomic E-state index is 0.642. The number of rotatable bonds is 2. The lowest BCUT2D eigenvalue weighted by Gasteiger charge is -2.19. The summed E-state index contributed by atoms with van der Waals surface area (Å²) in [6.07, 6.45) is 6.12. The van der Waals surface area contributed by atoms with Crippen molar-refractivity contribution in [2.75, 3.05) is 5.75 Å². The number of allylic oxidation sites excluding steroid dienone is 2. The standard InChI is InChI=1S/C17H17N3OS.C4H8/c1-10-7-13(9-18)8-11(2)15(10)21-17-16-14(5-4-6-22-16)19-12(3)20-17;1-3-4-2/h7-8H,4-6H2,1-3H3;3-4H,1-2H3/b;4-3-. The van der Waals surface area contributed by atoms with E-state index in [0.717, 1.165) is 51.9 Å². The summed E-state index contributed by atoms with van der Waals surface area (Å²) in [7, 11) is 0. The predicted molar refractivity (Wildman–Crippen MR) is 107 cm³/mol. The molecule has 2 aromatic rings. The molecule has 1 aromatic heterocycles. The summed E-state index contributed by atoms with van der Waals surface area (Å²) >= 11 is 1.76. The zero-order valence-electron chi connectivity index (χ0n) is 16.1. The van der Waals surface area contributed by atoms with Crippen molar-refractivity contribution in [3.8, 4) is 17.7 Å². The Kier molecular flexibility index (Phi) is 7.23. The quantitative estimate of drug-likeness (QED) is 0.638. The van der Waals surface area contributed by atoms with E-state index in [1.54, 1.807) is 11.8 Å². The Morgan fingerprint density at radius 2 is 1.77 bits per heavy atom. The lowest BCUT2D eigenvalue weighted by atomic mass is 10.1. The van der Waals surface area contributed by atoms with E-state index >= 15 is 0 Å². The Labute approximate surface area is 160 Å². The highest BCUT2D eigenvalue weighted by Gasteiger charge is 2.20. The van der Waals surface area contributed by atoms with Crippen LogP contribution in [0.15, 0.2) is 29.2 Å². The number of ether oxygens (including phenoxy) is 1. The zero-order chi connectivity index (χ0) is 19.1. The molecule has 136 valence electrons. The Hall–Kier alpha value is -2.32. The maximum Gasteiger partial charge on any atom is 0.236 e. The molecule has 0 bridgehead atoms. The second kappa shape index (κ2) is 9.40. The number of aryl methyl sites for hydroxylation is 4. The maximum absolute atomic E-state index is 9.05. The van der Waals surface area contributed by atoms with E-state index in [4.69, 9.17) is 10.00 Å². The average molecular weight is 368 g/mol. The van der Waals surface area contributed by atoms with Crippen molar-refractivity contribution in [2.45, 2.75) is 52.4 Å². The van der Waals surface area contributed by atoms with Crippen molar-refractivity contribution in [1.82, 2.24) is 9.97 Å².